The second-order valence-electron chi connectivity index (χ2n) is 6.51. The second-order valence-corrected chi connectivity index (χ2v) is 7.68. The molecule has 0 aromatic carbocycles. The van der Waals surface area contributed by atoms with Gasteiger partial charge in [-0.1, -0.05) is 51.9 Å². The Hall–Kier alpha value is -1.16. The number of Topliss-reactive ketones (excluding diaryl/α,β-unsaturated/α-hetero) is 1. The molecule has 0 atom stereocenters. The SMILES string of the molecule is CCCCCCCCCCc1ccc(C(=O)CCCCC(=O)O)s1. The molecule has 0 fully saturated rings. The van der Waals surface area contributed by atoms with E-state index in [1.165, 1.54) is 56.2 Å². The fourth-order valence-corrected chi connectivity index (χ4v) is 3.80. The van der Waals surface area contributed by atoms with Crippen LogP contribution < -0.4 is 0 Å². The first-order valence-corrected chi connectivity index (χ1v) is 10.3. The minimum Gasteiger partial charge on any atom is -0.481 e. The van der Waals surface area contributed by atoms with Gasteiger partial charge in [0.25, 0.3) is 0 Å². The van der Waals surface area contributed by atoms with Gasteiger partial charge in [-0.2, -0.15) is 0 Å². The van der Waals surface area contributed by atoms with Crippen molar-refractivity contribution < 1.29 is 14.7 Å². The topological polar surface area (TPSA) is 54.4 Å². The standard InChI is InChI=1S/C20H32O3S/c1-2-3-4-5-6-7-8-9-12-17-15-16-19(24-17)18(21)13-10-11-14-20(22)23/h15-16H,2-14H2,1H3,(H,22,23). The van der Waals surface area contributed by atoms with Crippen LogP contribution in [0.4, 0.5) is 0 Å². The van der Waals surface area contributed by atoms with Crippen LogP contribution in [0.2, 0.25) is 0 Å². The molecule has 3 nitrogen and oxygen atoms in total. The Labute approximate surface area is 150 Å². The van der Waals surface area contributed by atoms with Crippen molar-refractivity contribution in [2.24, 2.45) is 0 Å². The number of carbonyl (C=O) groups excluding carboxylic acids is 1. The van der Waals surface area contributed by atoms with Gasteiger partial charge in [0.2, 0.25) is 0 Å². The van der Waals surface area contributed by atoms with Gasteiger partial charge in [0.05, 0.1) is 4.88 Å². The van der Waals surface area contributed by atoms with Crippen LogP contribution in [0.15, 0.2) is 12.1 Å². The van der Waals surface area contributed by atoms with E-state index in [-0.39, 0.29) is 12.2 Å². The third-order valence-corrected chi connectivity index (χ3v) is 5.44. The number of hydrogen-bond donors (Lipinski definition) is 1. The quantitative estimate of drug-likeness (QED) is 0.299. The first-order valence-electron chi connectivity index (χ1n) is 9.47. The third-order valence-electron chi connectivity index (χ3n) is 4.26. The summed E-state index contributed by atoms with van der Waals surface area (Å²) in [5.41, 5.74) is 0. The molecule has 0 spiro atoms. The first kappa shape index (κ1) is 20.9. The summed E-state index contributed by atoms with van der Waals surface area (Å²) >= 11 is 1.61. The van der Waals surface area contributed by atoms with Gasteiger partial charge in [-0.25, -0.2) is 0 Å². The molecule has 0 saturated carbocycles. The van der Waals surface area contributed by atoms with E-state index in [1.54, 1.807) is 11.3 Å². The van der Waals surface area contributed by atoms with E-state index in [0.717, 1.165) is 11.3 Å². The van der Waals surface area contributed by atoms with Crippen molar-refractivity contribution in [3.05, 3.63) is 21.9 Å². The molecule has 0 aliphatic heterocycles. The number of carbonyl (C=O) groups is 2. The Morgan fingerprint density at radius 1 is 0.875 bits per heavy atom. The molecule has 0 unspecified atom stereocenters. The molecular formula is C20H32O3S. The van der Waals surface area contributed by atoms with Crippen molar-refractivity contribution in [3.8, 4) is 0 Å². The maximum atomic E-state index is 12.1. The Kier molecular flexibility index (Phi) is 11.5. The van der Waals surface area contributed by atoms with E-state index in [0.29, 0.717) is 19.3 Å². The molecule has 4 heteroatoms. The predicted molar refractivity (Wildman–Crippen MR) is 101 cm³/mol. The summed E-state index contributed by atoms with van der Waals surface area (Å²) in [5.74, 6) is -0.626. The summed E-state index contributed by atoms with van der Waals surface area (Å²) in [6, 6.07) is 4.01. The maximum Gasteiger partial charge on any atom is 0.303 e. The van der Waals surface area contributed by atoms with E-state index in [2.05, 4.69) is 13.0 Å². The zero-order valence-electron chi connectivity index (χ0n) is 15.0. The van der Waals surface area contributed by atoms with Gasteiger partial charge in [-0.05, 0) is 37.8 Å². The highest BCUT2D eigenvalue weighted by Gasteiger charge is 2.09. The van der Waals surface area contributed by atoms with E-state index in [4.69, 9.17) is 5.11 Å². The van der Waals surface area contributed by atoms with Gasteiger partial charge in [0.15, 0.2) is 5.78 Å². The average molecular weight is 353 g/mol. The van der Waals surface area contributed by atoms with Crippen LogP contribution in [0.5, 0.6) is 0 Å². The average Bonchev–Trinajstić information content (AvgIpc) is 3.02. The summed E-state index contributed by atoms with van der Waals surface area (Å²) in [4.78, 5) is 24.6. The fourth-order valence-electron chi connectivity index (χ4n) is 2.78. The monoisotopic (exact) mass is 352 g/mol. The Morgan fingerprint density at radius 3 is 2.17 bits per heavy atom. The zero-order valence-corrected chi connectivity index (χ0v) is 15.8. The molecule has 0 amide bonds. The lowest BCUT2D eigenvalue weighted by molar-refractivity contribution is -0.137. The molecule has 1 aromatic heterocycles. The molecule has 0 aliphatic carbocycles. The van der Waals surface area contributed by atoms with E-state index in [1.807, 2.05) is 6.07 Å². The van der Waals surface area contributed by atoms with Crippen molar-refractivity contribution in [1.82, 2.24) is 0 Å². The summed E-state index contributed by atoms with van der Waals surface area (Å²) in [5, 5.41) is 8.59. The molecule has 1 N–H and O–H groups in total. The zero-order chi connectivity index (χ0) is 17.6. The van der Waals surface area contributed by atoms with Crippen LogP contribution in [0.25, 0.3) is 0 Å². The highest BCUT2D eigenvalue weighted by Crippen LogP contribution is 2.21. The maximum absolute atomic E-state index is 12.1. The summed E-state index contributed by atoms with van der Waals surface area (Å²) in [7, 11) is 0. The van der Waals surface area contributed by atoms with Gasteiger partial charge in [-0.15, -0.1) is 11.3 Å². The van der Waals surface area contributed by atoms with Crippen molar-refractivity contribution in [2.45, 2.75) is 90.4 Å². The summed E-state index contributed by atoms with van der Waals surface area (Å²) in [6.45, 7) is 2.25. The smallest absolute Gasteiger partial charge is 0.303 e. The van der Waals surface area contributed by atoms with Crippen molar-refractivity contribution >= 4 is 23.1 Å². The van der Waals surface area contributed by atoms with Gasteiger partial charge >= 0.3 is 5.97 Å². The predicted octanol–water partition coefficient (Wildman–Crippen LogP) is 6.26. The summed E-state index contributed by atoms with van der Waals surface area (Å²) < 4.78 is 0. The molecule has 0 aliphatic rings. The molecule has 1 aromatic rings. The number of rotatable bonds is 15. The van der Waals surface area contributed by atoms with Gasteiger partial charge in [-0.3, -0.25) is 9.59 Å². The fraction of sp³-hybridized carbons (Fsp3) is 0.700. The highest BCUT2D eigenvalue weighted by molar-refractivity contribution is 7.14. The Balaban J connectivity index is 2.12. The molecule has 0 radical (unpaired) electrons. The van der Waals surface area contributed by atoms with Crippen LogP contribution in [-0.4, -0.2) is 16.9 Å². The molecule has 0 saturated heterocycles. The normalized spacial score (nSPS) is 10.9. The molecule has 24 heavy (non-hydrogen) atoms. The number of carboxylic acids is 1. The van der Waals surface area contributed by atoms with E-state index in [9.17, 15) is 9.59 Å². The number of ketones is 1. The number of thiophene rings is 1. The number of carboxylic acid groups (broad SMARTS) is 1. The van der Waals surface area contributed by atoms with Crippen molar-refractivity contribution in [3.63, 3.8) is 0 Å². The molecule has 0 bridgehead atoms. The van der Waals surface area contributed by atoms with Crippen LogP contribution in [0.1, 0.15) is 98.5 Å². The number of aliphatic carboxylic acids is 1. The second kappa shape index (κ2) is 13.2. The molecule has 1 heterocycles. The molecule has 1 rings (SSSR count). The number of aryl methyl sites for hydroxylation is 1. The minimum atomic E-state index is -0.786. The van der Waals surface area contributed by atoms with Crippen LogP contribution >= 0.6 is 11.3 Å². The first-order chi connectivity index (χ1) is 11.6. The van der Waals surface area contributed by atoms with Gasteiger partial charge in [0, 0.05) is 17.7 Å². The van der Waals surface area contributed by atoms with E-state index >= 15 is 0 Å². The lowest BCUT2D eigenvalue weighted by Gasteiger charge is -2.01. The lowest BCUT2D eigenvalue weighted by Crippen LogP contribution is -1.98. The third kappa shape index (κ3) is 9.86. The van der Waals surface area contributed by atoms with Gasteiger partial charge < -0.3 is 5.11 Å². The number of hydrogen-bond acceptors (Lipinski definition) is 3. The van der Waals surface area contributed by atoms with Crippen LogP contribution in [-0.2, 0) is 11.2 Å². The van der Waals surface area contributed by atoms with Gasteiger partial charge in [0.1, 0.15) is 0 Å². The molecular weight excluding hydrogens is 320 g/mol. The Bertz CT molecular complexity index is 479. The minimum absolute atomic E-state index is 0.154. The largest absolute Gasteiger partial charge is 0.481 e. The lowest BCUT2D eigenvalue weighted by atomic mass is 10.1. The van der Waals surface area contributed by atoms with Crippen molar-refractivity contribution in [1.29, 1.82) is 0 Å². The highest BCUT2D eigenvalue weighted by atomic mass is 32.1. The van der Waals surface area contributed by atoms with E-state index < -0.39 is 5.97 Å². The van der Waals surface area contributed by atoms with Crippen molar-refractivity contribution in [2.75, 3.05) is 0 Å². The number of unbranched alkanes of at least 4 members (excludes halogenated alkanes) is 8. The Morgan fingerprint density at radius 2 is 1.50 bits per heavy atom. The van der Waals surface area contributed by atoms with Crippen LogP contribution in [0, 0.1) is 0 Å². The summed E-state index contributed by atoms with van der Waals surface area (Å²) in [6.07, 6.45) is 13.5. The molecule has 136 valence electrons. The van der Waals surface area contributed by atoms with Crippen LogP contribution in [0.3, 0.4) is 0 Å².